The minimum absolute atomic E-state index is 0.290. The van der Waals surface area contributed by atoms with Crippen molar-refractivity contribution >= 4 is 21.4 Å². The average molecular weight is 296 g/mol. The fourth-order valence-corrected chi connectivity index (χ4v) is 4.01. The number of rotatable bonds is 4. The van der Waals surface area contributed by atoms with Crippen molar-refractivity contribution in [3.63, 3.8) is 0 Å². The summed E-state index contributed by atoms with van der Waals surface area (Å²) >= 11 is 1.89. The van der Waals surface area contributed by atoms with E-state index >= 15 is 0 Å². The summed E-state index contributed by atoms with van der Waals surface area (Å²) in [6, 6.07) is 13.4. The molecule has 0 radical (unpaired) electrons. The highest BCUT2D eigenvalue weighted by Crippen LogP contribution is 2.35. The second-order valence-corrected chi connectivity index (χ2v) is 6.57. The van der Waals surface area contributed by atoms with Crippen LogP contribution in [-0.2, 0) is 0 Å². The van der Waals surface area contributed by atoms with Gasteiger partial charge in [-0.25, -0.2) is 0 Å². The number of thiophene rings is 1. The van der Waals surface area contributed by atoms with Crippen molar-refractivity contribution in [3.8, 4) is 0 Å². The van der Waals surface area contributed by atoms with Crippen molar-refractivity contribution in [2.45, 2.75) is 32.9 Å². The van der Waals surface area contributed by atoms with Gasteiger partial charge in [0.15, 0.2) is 0 Å². The molecule has 2 unspecified atom stereocenters. The van der Waals surface area contributed by atoms with Gasteiger partial charge in [-0.1, -0.05) is 24.3 Å². The van der Waals surface area contributed by atoms with Gasteiger partial charge < -0.3 is 5.32 Å². The number of aryl methyl sites for hydroxylation is 1. The molecule has 1 aromatic carbocycles. The first-order chi connectivity index (χ1) is 10.2. The molecule has 2 aromatic heterocycles. The Morgan fingerprint density at radius 1 is 1.05 bits per heavy atom. The first-order valence-electron chi connectivity index (χ1n) is 7.31. The van der Waals surface area contributed by atoms with E-state index in [1.165, 1.54) is 26.1 Å². The van der Waals surface area contributed by atoms with E-state index in [0.29, 0.717) is 12.1 Å². The molecule has 2 atom stereocenters. The van der Waals surface area contributed by atoms with Gasteiger partial charge >= 0.3 is 0 Å². The number of aromatic nitrogens is 1. The van der Waals surface area contributed by atoms with Crippen molar-refractivity contribution in [1.82, 2.24) is 10.3 Å². The summed E-state index contributed by atoms with van der Waals surface area (Å²) in [4.78, 5) is 5.62. The van der Waals surface area contributed by atoms with Gasteiger partial charge in [0, 0.05) is 34.1 Å². The van der Waals surface area contributed by atoms with Crippen LogP contribution >= 0.6 is 11.3 Å². The quantitative estimate of drug-likeness (QED) is 0.731. The van der Waals surface area contributed by atoms with Gasteiger partial charge in [0.05, 0.1) is 0 Å². The second-order valence-electron chi connectivity index (χ2n) is 5.48. The molecule has 0 saturated heterocycles. The van der Waals surface area contributed by atoms with Crippen LogP contribution in [0.1, 0.15) is 41.9 Å². The lowest BCUT2D eigenvalue weighted by atomic mass is 10.1. The minimum Gasteiger partial charge on any atom is -0.303 e. The van der Waals surface area contributed by atoms with E-state index in [1.807, 2.05) is 29.8 Å². The number of hydrogen-bond acceptors (Lipinski definition) is 3. The number of hydrogen-bond donors (Lipinski definition) is 1. The van der Waals surface area contributed by atoms with Gasteiger partial charge in [-0.05, 0) is 49.4 Å². The fraction of sp³-hybridized carbons (Fsp3) is 0.278. The number of benzene rings is 1. The lowest BCUT2D eigenvalue weighted by molar-refractivity contribution is 0.498. The SMILES string of the molecule is Cc1c(C(C)NC(C)c2cccnc2)sc2ccccc12. The Labute approximate surface area is 129 Å². The zero-order chi connectivity index (χ0) is 14.8. The molecular formula is C18H20N2S. The summed E-state index contributed by atoms with van der Waals surface area (Å²) in [5.41, 5.74) is 2.62. The van der Waals surface area contributed by atoms with Crippen LogP contribution in [0.25, 0.3) is 10.1 Å². The fourth-order valence-electron chi connectivity index (χ4n) is 2.79. The molecular weight excluding hydrogens is 276 g/mol. The van der Waals surface area contributed by atoms with E-state index in [-0.39, 0.29) is 0 Å². The smallest absolute Gasteiger partial charge is 0.0394 e. The normalized spacial score (nSPS) is 14.2. The molecule has 0 saturated carbocycles. The van der Waals surface area contributed by atoms with E-state index in [2.05, 4.69) is 61.4 Å². The second kappa shape index (κ2) is 5.96. The summed E-state index contributed by atoms with van der Waals surface area (Å²) in [5, 5.41) is 5.06. The van der Waals surface area contributed by atoms with E-state index in [0.717, 1.165) is 0 Å². The van der Waals surface area contributed by atoms with E-state index in [1.54, 1.807) is 0 Å². The lowest BCUT2D eigenvalue weighted by Gasteiger charge is -2.20. The highest BCUT2D eigenvalue weighted by molar-refractivity contribution is 7.19. The molecule has 3 aromatic rings. The van der Waals surface area contributed by atoms with Crippen molar-refractivity contribution in [1.29, 1.82) is 0 Å². The minimum atomic E-state index is 0.290. The third-order valence-corrected chi connectivity index (χ3v) is 5.41. The number of nitrogens with one attached hydrogen (secondary N) is 1. The maximum atomic E-state index is 4.20. The highest BCUT2D eigenvalue weighted by atomic mass is 32.1. The highest BCUT2D eigenvalue weighted by Gasteiger charge is 2.16. The van der Waals surface area contributed by atoms with Crippen molar-refractivity contribution < 1.29 is 0 Å². The standard InChI is InChI=1S/C18H20N2S/c1-12-16-8-4-5-9-17(16)21-18(12)14(3)20-13(2)15-7-6-10-19-11-15/h4-11,13-14,20H,1-3H3. The Kier molecular flexibility index (Phi) is 4.04. The van der Waals surface area contributed by atoms with Gasteiger partial charge in [0.25, 0.3) is 0 Å². The summed E-state index contributed by atoms with van der Waals surface area (Å²) in [6.45, 7) is 6.65. The molecule has 1 N–H and O–H groups in total. The molecule has 3 rings (SSSR count). The Bertz CT molecular complexity index is 733. The van der Waals surface area contributed by atoms with Crippen LogP contribution in [0.2, 0.25) is 0 Å². The molecule has 3 heteroatoms. The number of pyridine rings is 1. The van der Waals surface area contributed by atoms with Gasteiger partial charge in [-0.3, -0.25) is 4.98 Å². The third kappa shape index (κ3) is 2.85. The molecule has 0 aliphatic heterocycles. The average Bonchev–Trinajstić information content (AvgIpc) is 2.86. The monoisotopic (exact) mass is 296 g/mol. The van der Waals surface area contributed by atoms with Gasteiger partial charge in [-0.15, -0.1) is 11.3 Å². The number of fused-ring (bicyclic) bond motifs is 1. The maximum absolute atomic E-state index is 4.20. The van der Waals surface area contributed by atoms with Crippen LogP contribution in [0, 0.1) is 6.92 Å². The largest absolute Gasteiger partial charge is 0.303 e. The van der Waals surface area contributed by atoms with E-state index < -0.39 is 0 Å². The van der Waals surface area contributed by atoms with Crippen LogP contribution < -0.4 is 5.32 Å². The maximum Gasteiger partial charge on any atom is 0.0394 e. The Balaban J connectivity index is 1.84. The van der Waals surface area contributed by atoms with Gasteiger partial charge in [0.2, 0.25) is 0 Å². The molecule has 0 aliphatic rings. The molecule has 108 valence electrons. The zero-order valence-electron chi connectivity index (χ0n) is 12.6. The summed E-state index contributed by atoms with van der Waals surface area (Å²) in [5.74, 6) is 0. The molecule has 0 bridgehead atoms. The number of nitrogens with zero attached hydrogens (tertiary/aromatic N) is 1. The van der Waals surface area contributed by atoms with Gasteiger partial charge in [0.1, 0.15) is 0 Å². The molecule has 0 spiro atoms. The predicted octanol–water partition coefficient (Wildman–Crippen LogP) is 5.02. The molecule has 21 heavy (non-hydrogen) atoms. The van der Waals surface area contributed by atoms with Crippen molar-refractivity contribution in [3.05, 3.63) is 64.8 Å². The molecule has 2 nitrogen and oxygen atoms in total. The molecule has 0 amide bonds. The summed E-state index contributed by atoms with van der Waals surface area (Å²) in [7, 11) is 0. The van der Waals surface area contributed by atoms with Crippen molar-refractivity contribution in [2.24, 2.45) is 0 Å². The lowest BCUT2D eigenvalue weighted by Crippen LogP contribution is -2.22. The van der Waals surface area contributed by atoms with Crippen LogP contribution in [0.3, 0.4) is 0 Å². The first-order valence-corrected chi connectivity index (χ1v) is 8.12. The van der Waals surface area contributed by atoms with Crippen LogP contribution in [0.5, 0.6) is 0 Å². The first kappa shape index (κ1) is 14.2. The molecule has 0 aliphatic carbocycles. The van der Waals surface area contributed by atoms with Crippen LogP contribution in [0.15, 0.2) is 48.8 Å². The molecule has 2 heterocycles. The van der Waals surface area contributed by atoms with Gasteiger partial charge in [-0.2, -0.15) is 0 Å². The predicted molar refractivity (Wildman–Crippen MR) is 90.8 cm³/mol. The Morgan fingerprint density at radius 2 is 1.86 bits per heavy atom. The van der Waals surface area contributed by atoms with Crippen LogP contribution in [0.4, 0.5) is 0 Å². The van der Waals surface area contributed by atoms with Crippen LogP contribution in [-0.4, -0.2) is 4.98 Å². The van der Waals surface area contributed by atoms with E-state index in [9.17, 15) is 0 Å². The van der Waals surface area contributed by atoms with Crippen molar-refractivity contribution in [2.75, 3.05) is 0 Å². The zero-order valence-corrected chi connectivity index (χ0v) is 13.4. The third-order valence-electron chi connectivity index (χ3n) is 3.96. The summed E-state index contributed by atoms with van der Waals surface area (Å²) in [6.07, 6.45) is 3.75. The Hall–Kier alpha value is -1.71. The van der Waals surface area contributed by atoms with E-state index in [4.69, 9.17) is 0 Å². The summed E-state index contributed by atoms with van der Waals surface area (Å²) < 4.78 is 1.37. The molecule has 0 fully saturated rings. The Morgan fingerprint density at radius 3 is 2.57 bits per heavy atom. The topological polar surface area (TPSA) is 24.9 Å².